The lowest BCUT2D eigenvalue weighted by Crippen LogP contribution is -2.00. The number of nitrogens with zero attached hydrogens (tertiary/aromatic N) is 2. The van der Waals surface area contributed by atoms with Gasteiger partial charge in [-0.15, -0.1) is 11.3 Å². The quantitative estimate of drug-likeness (QED) is 0.351. The minimum absolute atomic E-state index is 0.409. The molecule has 3 aromatic carbocycles. The molecule has 0 saturated heterocycles. The summed E-state index contributed by atoms with van der Waals surface area (Å²) in [5, 5.41) is 10.5. The molecule has 0 aliphatic heterocycles. The summed E-state index contributed by atoms with van der Waals surface area (Å²) in [5.41, 5.74) is 4.41. The van der Waals surface area contributed by atoms with Gasteiger partial charge < -0.3 is 9.47 Å². The Morgan fingerprint density at radius 2 is 1.93 bits per heavy atom. The van der Waals surface area contributed by atoms with Crippen molar-refractivity contribution in [3.8, 4) is 17.6 Å². The molecule has 5 heteroatoms. The fourth-order valence-electron chi connectivity index (χ4n) is 3.20. The van der Waals surface area contributed by atoms with Gasteiger partial charge in [0.05, 0.1) is 22.9 Å². The molecule has 0 bridgehead atoms. The largest absolute Gasteiger partial charge is 0.493 e. The number of nitriles is 1. The number of fused-ring (bicyclic) bond motifs is 1. The van der Waals surface area contributed by atoms with E-state index in [0.29, 0.717) is 28.7 Å². The van der Waals surface area contributed by atoms with E-state index in [1.165, 1.54) is 16.9 Å². The van der Waals surface area contributed by atoms with Crippen molar-refractivity contribution in [3.63, 3.8) is 0 Å². The van der Waals surface area contributed by atoms with Crippen molar-refractivity contribution in [2.45, 2.75) is 13.5 Å². The van der Waals surface area contributed by atoms with Crippen LogP contribution in [0.2, 0.25) is 0 Å². The summed E-state index contributed by atoms with van der Waals surface area (Å²) in [7, 11) is 1.61. The Balaban J connectivity index is 1.71. The molecule has 0 radical (unpaired) electrons. The van der Waals surface area contributed by atoms with E-state index in [-0.39, 0.29) is 0 Å². The Labute approximate surface area is 179 Å². The molecule has 0 fully saturated rings. The minimum Gasteiger partial charge on any atom is -0.493 e. The number of aryl methyl sites for hydroxylation is 1. The Morgan fingerprint density at radius 3 is 2.70 bits per heavy atom. The van der Waals surface area contributed by atoms with Crippen LogP contribution in [-0.2, 0) is 6.61 Å². The number of hydrogen-bond acceptors (Lipinski definition) is 5. The van der Waals surface area contributed by atoms with Gasteiger partial charge in [-0.05, 0) is 36.8 Å². The summed E-state index contributed by atoms with van der Waals surface area (Å²) < 4.78 is 12.7. The van der Waals surface area contributed by atoms with Crippen LogP contribution in [-0.4, -0.2) is 12.1 Å². The molecular weight excluding hydrogens is 392 g/mol. The van der Waals surface area contributed by atoms with Crippen molar-refractivity contribution in [1.29, 1.82) is 5.26 Å². The van der Waals surface area contributed by atoms with E-state index in [0.717, 1.165) is 21.3 Å². The predicted octanol–water partition coefficient (Wildman–Crippen LogP) is 6.26. The highest BCUT2D eigenvalue weighted by molar-refractivity contribution is 7.19. The lowest BCUT2D eigenvalue weighted by Gasteiger charge is -2.14. The summed E-state index contributed by atoms with van der Waals surface area (Å²) in [6.45, 7) is 2.46. The Bertz CT molecular complexity index is 1230. The second-order valence-electron chi connectivity index (χ2n) is 6.81. The van der Waals surface area contributed by atoms with E-state index >= 15 is 0 Å². The molecule has 0 atom stereocenters. The number of benzene rings is 3. The number of methoxy groups -OCH3 is 1. The van der Waals surface area contributed by atoms with E-state index in [4.69, 9.17) is 9.47 Å². The van der Waals surface area contributed by atoms with E-state index in [1.807, 2.05) is 60.7 Å². The lowest BCUT2D eigenvalue weighted by atomic mass is 10.1. The standard InChI is InChI=1S/C25H20N2O2S/c1-17-7-5-8-18(13-17)16-29-24-19(9-6-11-22(24)28-2)14-20(15-26)25-27-21-10-3-4-12-23(21)30-25/h3-14H,16H2,1-2H3/b20-14-. The summed E-state index contributed by atoms with van der Waals surface area (Å²) >= 11 is 1.50. The third-order valence-corrected chi connectivity index (χ3v) is 5.71. The molecule has 0 aliphatic rings. The van der Waals surface area contributed by atoms with E-state index in [1.54, 1.807) is 7.11 Å². The minimum atomic E-state index is 0.409. The topological polar surface area (TPSA) is 55.1 Å². The summed E-state index contributed by atoms with van der Waals surface area (Å²) in [6, 6.07) is 24.0. The number of hydrogen-bond donors (Lipinski definition) is 0. The number of aromatic nitrogens is 1. The third-order valence-electron chi connectivity index (χ3n) is 4.64. The highest BCUT2D eigenvalue weighted by Crippen LogP contribution is 2.35. The zero-order valence-electron chi connectivity index (χ0n) is 16.8. The molecule has 0 unspecified atom stereocenters. The van der Waals surface area contributed by atoms with Crippen LogP contribution in [0, 0.1) is 18.3 Å². The second kappa shape index (κ2) is 8.81. The zero-order valence-corrected chi connectivity index (χ0v) is 17.6. The first-order chi connectivity index (χ1) is 14.7. The van der Waals surface area contributed by atoms with Gasteiger partial charge in [0.15, 0.2) is 11.5 Å². The molecule has 4 nitrogen and oxygen atoms in total. The predicted molar refractivity (Wildman–Crippen MR) is 122 cm³/mol. The molecule has 0 spiro atoms. The van der Waals surface area contributed by atoms with Crippen molar-refractivity contribution >= 4 is 33.2 Å². The number of ether oxygens (including phenoxy) is 2. The maximum Gasteiger partial charge on any atom is 0.168 e. The highest BCUT2D eigenvalue weighted by atomic mass is 32.1. The molecule has 30 heavy (non-hydrogen) atoms. The van der Waals surface area contributed by atoms with Crippen molar-refractivity contribution in [1.82, 2.24) is 4.98 Å². The first-order valence-corrected chi connectivity index (χ1v) is 10.3. The maximum absolute atomic E-state index is 9.80. The van der Waals surface area contributed by atoms with Gasteiger partial charge >= 0.3 is 0 Å². The van der Waals surface area contributed by atoms with Crippen LogP contribution in [0.5, 0.6) is 11.5 Å². The number of rotatable bonds is 6. The molecule has 4 aromatic rings. The van der Waals surface area contributed by atoms with Gasteiger partial charge in [-0.1, -0.05) is 54.1 Å². The molecule has 0 N–H and O–H groups in total. The molecule has 4 rings (SSSR count). The van der Waals surface area contributed by atoms with Crippen LogP contribution in [0.1, 0.15) is 21.7 Å². The van der Waals surface area contributed by atoms with Crippen LogP contribution >= 0.6 is 11.3 Å². The van der Waals surface area contributed by atoms with Crippen LogP contribution in [0.25, 0.3) is 21.9 Å². The van der Waals surface area contributed by atoms with E-state index < -0.39 is 0 Å². The second-order valence-corrected chi connectivity index (χ2v) is 7.84. The van der Waals surface area contributed by atoms with Crippen LogP contribution in [0.15, 0.2) is 66.7 Å². The smallest absolute Gasteiger partial charge is 0.168 e. The molecule has 0 saturated carbocycles. The highest BCUT2D eigenvalue weighted by Gasteiger charge is 2.13. The fraction of sp³-hybridized carbons (Fsp3) is 0.120. The normalized spacial score (nSPS) is 11.3. The summed E-state index contributed by atoms with van der Waals surface area (Å²) in [5.74, 6) is 1.23. The Hall–Kier alpha value is -3.62. The van der Waals surface area contributed by atoms with Gasteiger partial charge in [-0.3, -0.25) is 0 Å². The van der Waals surface area contributed by atoms with Gasteiger partial charge in [0.25, 0.3) is 0 Å². The van der Waals surface area contributed by atoms with Crippen molar-refractivity contribution < 1.29 is 9.47 Å². The molecule has 0 amide bonds. The monoisotopic (exact) mass is 412 g/mol. The Kier molecular flexibility index (Phi) is 5.78. The zero-order chi connectivity index (χ0) is 20.9. The first-order valence-electron chi connectivity index (χ1n) is 9.51. The van der Waals surface area contributed by atoms with Gasteiger partial charge in [0.1, 0.15) is 17.7 Å². The van der Waals surface area contributed by atoms with Crippen molar-refractivity contribution in [2.24, 2.45) is 0 Å². The SMILES string of the molecule is COc1cccc(/C=C(/C#N)c2nc3ccccc3s2)c1OCc1cccc(C)c1. The number of thiazole rings is 1. The summed E-state index contributed by atoms with van der Waals surface area (Å²) in [6.07, 6.45) is 1.81. The van der Waals surface area contributed by atoms with Gasteiger partial charge in [0.2, 0.25) is 0 Å². The maximum atomic E-state index is 9.80. The molecule has 1 heterocycles. The molecule has 1 aromatic heterocycles. The molecule has 0 aliphatic carbocycles. The van der Waals surface area contributed by atoms with Crippen molar-refractivity contribution in [3.05, 3.63) is 88.4 Å². The van der Waals surface area contributed by atoms with E-state index in [2.05, 4.69) is 30.1 Å². The number of para-hydroxylation sites is 2. The van der Waals surface area contributed by atoms with Gasteiger partial charge in [0, 0.05) is 5.56 Å². The third kappa shape index (κ3) is 4.19. The average molecular weight is 413 g/mol. The van der Waals surface area contributed by atoms with Crippen LogP contribution in [0.4, 0.5) is 0 Å². The van der Waals surface area contributed by atoms with Gasteiger partial charge in [-0.25, -0.2) is 4.98 Å². The van der Waals surface area contributed by atoms with Gasteiger partial charge in [-0.2, -0.15) is 5.26 Å². The average Bonchev–Trinajstić information content (AvgIpc) is 3.20. The van der Waals surface area contributed by atoms with Crippen LogP contribution < -0.4 is 9.47 Å². The first kappa shape index (κ1) is 19.7. The fourth-order valence-corrected chi connectivity index (χ4v) is 4.14. The van der Waals surface area contributed by atoms with Crippen molar-refractivity contribution in [2.75, 3.05) is 7.11 Å². The lowest BCUT2D eigenvalue weighted by molar-refractivity contribution is 0.284. The van der Waals surface area contributed by atoms with Crippen LogP contribution in [0.3, 0.4) is 0 Å². The van der Waals surface area contributed by atoms with E-state index in [9.17, 15) is 5.26 Å². The summed E-state index contributed by atoms with van der Waals surface area (Å²) in [4.78, 5) is 4.61. The Morgan fingerprint density at radius 1 is 1.10 bits per heavy atom. The molecular formula is C25H20N2O2S. The number of allylic oxidation sites excluding steroid dienone is 1. The molecule has 148 valence electrons.